The molecule has 1 aromatic carbocycles. The fourth-order valence-corrected chi connectivity index (χ4v) is 4.07. The van der Waals surface area contributed by atoms with Crippen molar-refractivity contribution in [3.05, 3.63) is 41.5 Å². The van der Waals surface area contributed by atoms with Gasteiger partial charge in [0.25, 0.3) is 0 Å². The standard InChI is InChI=1S/C17H17BrN4O2S/c18-16-15-17(20-10-19-16)22(11-21-15)6-3-7-23-12-8-24-13-4-1-2-5-14(13)25-9-12/h1-2,4-5,10-12H,3,6-9H2. The summed E-state index contributed by atoms with van der Waals surface area (Å²) in [6.45, 7) is 2.08. The maximum atomic E-state index is 6.01. The Morgan fingerprint density at radius 1 is 1.28 bits per heavy atom. The highest BCUT2D eigenvalue weighted by molar-refractivity contribution is 9.10. The molecule has 1 unspecified atom stereocenters. The van der Waals surface area contributed by atoms with Crippen LogP contribution in [-0.4, -0.2) is 44.6 Å². The number of halogens is 1. The van der Waals surface area contributed by atoms with Crippen LogP contribution in [-0.2, 0) is 11.3 Å². The van der Waals surface area contributed by atoms with Crippen LogP contribution in [0.25, 0.3) is 11.2 Å². The van der Waals surface area contributed by atoms with Gasteiger partial charge in [-0.2, -0.15) is 0 Å². The van der Waals surface area contributed by atoms with Crippen molar-refractivity contribution < 1.29 is 9.47 Å². The first-order valence-corrected chi connectivity index (χ1v) is 9.86. The third-order valence-electron chi connectivity index (χ3n) is 3.95. The zero-order valence-electron chi connectivity index (χ0n) is 13.5. The molecular formula is C17H17BrN4O2S. The van der Waals surface area contributed by atoms with Crippen LogP contribution in [0, 0.1) is 0 Å². The van der Waals surface area contributed by atoms with Crippen molar-refractivity contribution in [2.24, 2.45) is 0 Å². The predicted molar refractivity (Wildman–Crippen MR) is 100 cm³/mol. The number of rotatable bonds is 5. The number of fused-ring (bicyclic) bond motifs is 2. The van der Waals surface area contributed by atoms with Crippen LogP contribution in [0.5, 0.6) is 5.75 Å². The highest BCUT2D eigenvalue weighted by Crippen LogP contribution is 2.32. The molecule has 1 atom stereocenters. The van der Waals surface area contributed by atoms with E-state index in [0.717, 1.165) is 40.2 Å². The minimum atomic E-state index is 0.105. The number of nitrogens with zero attached hydrogens (tertiary/aromatic N) is 4. The lowest BCUT2D eigenvalue weighted by Crippen LogP contribution is -2.23. The Labute approximate surface area is 158 Å². The summed E-state index contributed by atoms with van der Waals surface area (Å²) < 4.78 is 14.6. The van der Waals surface area contributed by atoms with Gasteiger partial charge in [0.2, 0.25) is 0 Å². The maximum Gasteiger partial charge on any atom is 0.164 e. The molecule has 3 heterocycles. The van der Waals surface area contributed by atoms with E-state index in [2.05, 4.69) is 36.9 Å². The number of hydrogen-bond donors (Lipinski definition) is 0. The van der Waals surface area contributed by atoms with Crippen molar-refractivity contribution in [1.29, 1.82) is 0 Å². The molecule has 0 aliphatic carbocycles. The third kappa shape index (κ3) is 3.80. The van der Waals surface area contributed by atoms with Gasteiger partial charge < -0.3 is 14.0 Å². The summed E-state index contributed by atoms with van der Waals surface area (Å²) in [4.78, 5) is 13.9. The maximum absolute atomic E-state index is 6.01. The predicted octanol–water partition coefficient (Wildman–Crippen LogP) is 3.55. The first-order valence-electron chi connectivity index (χ1n) is 8.09. The van der Waals surface area contributed by atoms with Gasteiger partial charge in [-0.1, -0.05) is 12.1 Å². The van der Waals surface area contributed by atoms with Crippen molar-refractivity contribution in [3.8, 4) is 5.75 Å². The van der Waals surface area contributed by atoms with Gasteiger partial charge >= 0.3 is 0 Å². The number of ether oxygens (including phenoxy) is 2. The smallest absolute Gasteiger partial charge is 0.164 e. The number of benzene rings is 1. The molecule has 6 nitrogen and oxygen atoms in total. The molecule has 0 radical (unpaired) electrons. The SMILES string of the molecule is Brc1ncnc2c1ncn2CCCOC1COc2ccccc2SC1. The van der Waals surface area contributed by atoms with Crippen molar-refractivity contribution in [1.82, 2.24) is 19.5 Å². The van der Waals surface area contributed by atoms with Crippen LogP contribution in [0.15, 0.2) is 46.4 Å². The molecule has 1 aliphatic heterocycles. The highest BCUT2D eigenvalue weighted by atomic mass is 79.9. The summed E-state index contributed by atoms with van der Waals surface area (Å²) in [5.74, 6) is 1.86. The number of hydrogen-bond acceptors (Lipinski definition) is 6. The normalized spacial score (nSPS) is 17.1. The van der Waals surface area contributed by atoms with Gasteiger partial charge in [-0.05, 0) is 34.5 Å². The zero-order valence-corrected chi connectivity index (χ0v) is 15.9. The fraction of sp³-hybridized carbons (Fsp3) is 0.353. The van der Waals surface area contributed by atoms with E-state index in [1.165, 1.54) is 4.90 Å². The third-order valence-corrected chi connectivity index (χ3v) is 5.72. The van der Waals surface area contributed by atoms with Crippen LogP contribution >= 0.6 is 27.7 Å². The van der Waals surface area contributed by atoms with E-state index in [0.29, 0.717) is 13.2 Å². The Balaban J connectivity index is 1.28. The van der Waals surface area contributed by atoms with Crippen molar-refractivity contribution in [2.75, 3.05) is 19.0 Å². The van der Waals surface area contributed by atoms with E-state index in [1.54, 1.807) is 24.4 Å². The van der Waals surface area contributed by atoms with Crippen molar-refractivity contribution >= 4 is 38.9 Å². The van der Waals surface area contributed by atoms with Crippen LogP contribution in [0.3, 0.4) is 0 Å². The van der Waals surface area contributed by atoms with Crippen molar-refractivity contribution in [3.63, 3.8) is 0 Å². The van der Waals surface area contributed by atoms with E-state index in [4.69, 9.17) is 9.47 Å². The molecule has 1 aliphatic rings. The van der Waals surface area contributed by atoms with E-state index in [1.807, 2.05) is 22.8 Å². The lowest BCUT2D eigenvalue weighted by atomic mass is 10.3. The quantitative estimate of drug-likeness (QED) is 0.464. The van der Waals surface area contributed by atoms with E-state index < -0.39 is 0 Å². The molecular weight excluding hydrogens is 404 g/mol. The highest BCUT2D eigenvalue weighted by Gasteiger charge is 2.17. The molecule has 0 saturated carbocycles. The zero-order chi connectivity index (χ0) is 17.1. The Kier molecular flexibility index (Phi) is 5.19. The number of imidazole rings is 1. The van der Waals surface area contributed by atoms with Gasteiger partial charge in [0.15, 0.2) is 5.65 Å². The molecule has 0 bridgehead atoms. The Morgan fingerprint density at radius 2 is 2.20 bits per heavy atom. The van der Waals surface area contributed by atoms with Crippen LogP contribution in [0.2, 0.25) is 0 Å². The number of aryl methyl sites for hydroxylation is 1. The van der Waals surface area contributed by atoms with E-state index >= 15 is 0 Å². The average molecular weight is 421 g/mol. The Bertz CT molecular complexity index is 846. The molecule has 0 saturated heterocycles. The van der Waals surface area contributed by atoms with Gasteiger partial charge in [0.05, 0.1) is 6.33 Å². The van der Waals surface area contributed by atoms with E-state index in [-0.39, 0.29) is 6.10 Å². The molecule has 130 valence electrons. The molecule has 2 aromatic heterocycles. The van der Waals surface area contributed by atoms with E-state index in [9.17, 15) is 0 Å². The van der Waals surface area contributed by atoms with Gasteiger partial charge in [-0.15, -0.1) is 11.8 Å². The summed E-state index contributed by atoms with van der Waals surface area (Å²) in [5, 5.41) is 0. The molecule has 4 rings (SSSR count). The molecule has 0 N–H and O–H groups in total. The molecule has 8 heteroatoms. The summed E-state index contributed by atoms with van der Waals surface area (Å²) in [5.41, 5.74) is 1.63. The minimum absolute atomic E-state index is 0.105. The van der Waals surface area contributed by atoms with Gasteiger partial charge in [0, 0.05) is 23.8 Å². The molecule has 3 aromatic rings. The minimum Gasteiger partial charge on any atom is -0.490 e. The summed E-state index contributed by atoms with van der Waals surface area (Å²) in [7, 11) is 0. The summed E-state index contributed by atoms with van der Waals surface area (Å²) in [6.07, 6.45) is 4.33. The number of aromatic nitrogens is 4. The largest absolute Gasteiger partial charge is 0.490 e. The summed E-state index contributed by atoms with van der Waals surface area (Å²) in [6, 6.07) is 8.13. The number of para-hydroxylation sites is 1. The van der Waals surface area contributed by atoms with Gasteiger partial charge in [0.1, 0.15) is 34.9 Å². The summed E-state index contributed by atoms with van der Waals surface area (Å²) >= 11 is 5.19. The van der Waals surface area contributed by atoms with Gasteiger partial charge in [-0.3, -0.25) is 0 Å². The topological polar surface area (TPSA) is 62.1 Å². The Hall–Kier alpha value is -1.64. The average Bonchev–Trinajstić information content (AvgIpc) is 2.94. The number of thioether (sulfide) groups is 1. The molecule has 0 fully saturated rings. The first kappa shape index (κ1) is 16.8. The molecule has 25 heavy (non-hydrogen) atoms. The fourth-order valence-electron chi connectivity index (χ4n) is 2.70. The van der Waals surface area contributed by atoms with Crippen molar-refractivity contribution in [2.45, 2.75) is 24.0 Å². The van der Waals surface area contributed by atoms with Gasteiger partial charge in [-0.25, -0.2) is 15.0 Å². The second-order valence-electron chi connectivity index (χ2n) is 5.69. The lowest BCUT2D eigenvalue weighted by Gasteiger charge is -2.15. The second-order valence-corrected chi connectivity index (χ2v) is 7.50. The van der Waals surface area contributed by atoms with Crippen LogP contribution in [0.4, 0.5) is 0 Å². The monoisotopic (exact) mass is 420 g/mol. The second kappa shape index (κ2) is 7.72. The first-order chi connectivity index (χ1) is 12.3. The molecule has 0 amide bonds. The lowest BCUT2D eigenvalue weighted by molar-refractivity contribution is 0.0335. The van der Waals surface area contributed by atoms with Crippen LogP contribution < -0.4 is 4.74 Å². The Morgan fingerprint density at radius 3 is 3.16 bits per heavy atom. The molecule has 0 spiro atoms. The van der Waals surface area contributed by atoms with Crippen LogP contribution in [0.1, 0.15) is 6.42 Å².